The number of carbonyl (C=O) groups is 1. The molecule has 0 N–H and O–H groups in total. The van der Waals surface area contributed by atoms with Crippen molar-refractivity contribution in [3.63, 3.8) is 0 Å². The molecule has 2 rings (SSSR count). The third-order valence-corrected chi connectivity index (χ3v) is 3.99. The van der Waals surface area contributed by atoms with Crippen LogP contribution in [0, 0.1) is 6.92 Å². The summed E-state index contributed by atoms with van der Waals surface area (Å²) in [6, 6.07) is 3.21. The van der Waals surface area contributed by atoms with Crippen LogP contribution in [0.2, 0.25) is 0 Å². The van der Waals surface area contributed by atoms with Gasteiger partial charge >= 0.3 is 5.97 Å². The van der Waals surface area contributed by atoms with E-state index in [9.17, 15) is 4.79 Å². The van der Waals surface area contributed by atoms with E-state index in [-0.39, 0.29) is 5.97 Å². The van der Waals surface area contributed by atoms with Gasteiger partial charge < -0.3 is 18.9 Å². The minimum absolute atomic E-state index is 0.301. The maximum atomic E-state index is 12.7. The van der Waals surface area contributed by atoms with Gasteiger partial charge in [-0.2, -0.15) is 0 Å². The third-order valence-electron chi connectivity index (χ3n) is 3.99. The predicted molar refractivity (Wildman–Crippen MR) is 86.4 cm³/mol. The Hall–Kier alpha value is -1.79. The molecule has 1 aromatic rings. The quantitative estimate of drug-likeness (QED) is 0.565. The van der Waals surface area contributed by atoms with Crippen LogP contribution < -0.4 is 14.2 Å². The highest BCUT2D eigenvalue weighted by Gasteiger charge is 2.31. The van der Waals surface area contributed by atoms with Crippen LogP contribution in [0.3, 0.4) is 0 Å². The smallest absolute Gasteiger partial charge is 0.331 e. The van der Waals surface area contributed by atoms with E-state index >= 15 is 0 Å². The molecule has 6 nitrogen and oxygen atoms in total. The second-order valence-corrected chi connectivity index (χ2v) is 5.63. The molecule has 1 aliphatic rings. The second-order valence-electron chi connectivity index (χ2n) is 5.63. The van der Waals surface area contributed by atoms with Crippen molar-refractivity contribution >= 4 is 5.97 Å². The third kappa shape index (κ3) is 4.14. The fraction of sp³-hybridized carbons (Fsp3) is 0.588. The first kappa shape index (κ1) is 17.6. The molecule has 1 aromatic carbocycles. The number of methoxy groups -OCH3 is 3. The monoisotopic (exact) mass is 323 g/mol. The number of aryl methyl sites for hydroxylation is 1. The molecule has 1 atom stereocenters. The van der Waals surface area contributed by atoms with Crippen LogP contribution in [0.1, 0.15) is 18.4 Å². The van der Waals surface area contributed by atoms with Gasteiger partial charge in [-0.25, -0.2) is 4.79 Å². The first-order chi connectivity index (χ1) is 11.1. The van der Waals surface area contributed by atoms with Crippen LogP contribution in [0.15, 0.2) is 12.1 Å². The lowest BCUT2D eigenvalue weighted by Gasteiger charge is -2.25. The summed E-state index contributed by atoms with van der Waals surface area (Å²) < 4.78 is 21.5. The number of rotatable bonds is 7. The number of likely N-dealkylation sites (tertiary alicyclic amines) is 1. The van der Waals surface area contributed by atoms with E-state index < -0.39 is 6.04 Å². The van der Waals surface area contributed by atoms with E-state index in [0.29, 0.717) is 23.9 Å². The summed E-state index contributed by atoms with van der Waals surface area (Å²) in [5, 5.41) is 0. The van der Waals surface area contributed by atoms with Gasteiger partial charge in [0.05, 0.1) is 20.8 Å². The Morgan fingerprint density at radius 3 is 2.17 bits per heavy atom. The maximum absolute atomic E-state index is 12.7. The van der Waals surface area contributed by atoms with Crippen molar-refractivity contribution in [2.45, 2.75) is 25.8 Å². The number of hydrogen-bond donors (Lipinski definition) is 0. The number of esters is 1. The van der Waals surface area contributed by atoms with Gasteiger partial charge in [0.1, 0.15) is 6.04 Å². The zero-order valence-electron chi connectivity index (χ0n) is 14.3. The maximum Gasteiger partial charge on any atom is 0.331 e. The Labute approximate surface area is 137 Å². The van der Waals surface area contributed by atoms with Gasteiger partial charge in [-0.3, -0.25) is 4.90 Å². The molecule has 0 amide bonds. The molecule has 1 unspecified atom stereocenters. The fourth-order valence-corrected chi connectivity index (χ4v) is 2.81. The minimum atomic E-state index is -0.418. The molecule has 1 fully saturated rings. The lowest BCUT2D eigenvalue weighted by Crippen LogP contribution is -2.44. The van der Waals surface area contributed by atoms with Gasteiger partial charge in [0.15, 0.2) is 11.5 Å². The minimum Gasteiger partial charge on any atom is -0.493 e. The lowest BCUT2D eigenvalue weighted by molar-refractivity contribution is -0.142. The molecular formula is C17H25NO5. The zero-order valence-corrected chi connectivity index (χ0v) is 14.3. The summed E-state index contributed by atoms with van der Waals surface area (Å²) in [4.78, 5) is 14.8. The molecule has 0 saturated carbocycles. The molecule has 23 heavy (non-hydrogen) atoms. The number of hydrogen-bond acceptors (Lipinski definition) is 6. The van der Waals surface area contributed by atoms with Crippen molar-refractivity contribution in [2.75, 3.05) is 41.0 Å². The van der Waals surface area contributed by atoms with Gasteiger partial charge in [0, 0.05) is 7.11 Å². The number of ether oxygens (including phenoxy) is 4. The van der Waals surface area contributed by atoms with Gasteiger partial charge in [-0.15, -0.1) is 0 Å². The van der Waals surface area contributed by atoms with Crippen molar-refractivity contribution in [3.8, 4) is 17.2 Å². The Morgan fingerprint density at radius 2 is 1.70 bits per heavy atom. The van der Waals surface area contributed by atoms with Crippen LogP contribution in [-0.2, 0) is 9.53 Å². The first-order valence-corrected chi connectivity index (χ1v) is 7.78. The molecule has 1 aliphatic heterocycles. The van der Waals surface area contributed by atoms with Crippen molar-refractivity contribution < 1.29 is 23.7 Å². The Bertz CT molecular complexity index is 515. The van der Waals surface area contributed by atoms with E-state index in [0.717, 1.165) is 31.5 Å². The molecule has 6 heteroatoms. The van der Waals surface area contributed by atoms with Crippen molar-refractivity contribution in [2.24, 2.45) is 0 Å². The SMILES string of the molecule is COCC(C(=O)Oc1c(OC)cc(C)cc1OC)N1CCCC1. The van der Waals surface area contributed by atoms with E-state index in [2.05, 4.69) is 4.90 Å². The van der Waals surface area contributed by atoms with Crippen molar-refractivity contribution in [1.29, 1.82) is 0 Å². The summed E-state index contributed by atoms with van der Waals surface area (Å²) in [5.74, 6) is 0.917. The molecule has 0 aliphatic carbocycles. The summed E-state index contributed by atoms with van der Waals surface area (Å²) in [7, 11) is 4.67. The second kappa shape index (κ2) is 8.17. The predicted octanol–water partition coefficient (Wildman–Crippen LogP) is 2.03. The summed E-state index contributed by atoms with van der Waals surface area (Å²) in [5.41, 5.74) is 0.964. The fourth-order valence-electron chi connectivity index (χ4n) is 2.81. The zero-order chi connectivity index (χ0) is 16.8. The van der Waals surface area contributed by atoms with E-state index in [1.54, 1.807) is 21.3 Å². The molecule has 0 spiro atoms. The van der Waals surface area contributed by atoms with Crippen LogP contribution >= 0.6 is 0 Å². The van der Waals surface area contributed by atoms with E-state index in [4.69, 9.17) is 18.9 Å². The molecule has 0 bridgehead atoms. The van der Waals surface area contributed by atoms with Gasteiger partial charge in [0.25, 0.3) is 0 Å². The molecular weight excluding hydrogens is 298 g/mol. The molecule has 1 saturated heterocycles. The van der Waals surface area contributed by atoms with Crippen LogP contribution in [0.4, 0.5) is 0 Å². The molecule has 0 radical (unpaired) electrons. The number of carbonyl (C=O) groups excluding carboxylic acids is 1. The van der Waals surface area contributed by atoms with Crippen LogP contribution in [-0.4, -0.2) is 57.9 Å². The molecule has 0 aromatic heterocycles. The molecule has 1 heterocycles. The number of benzene rings is 1. The average molecular weight is 323 g/mol. The first-order valence-electron chi connectivity index (χ1n) is 7.78. The topological polar surface area (TPSA) is 57.2 Å². The Morgan fingerprint density at radius 1 is 1.13 bits per heavy atom. The normalized spacial score (nSPS) is 16.2. The summed E-state index contributed by atoms with van der Waals surface area (Å²) in [6.07, 6.45) is 2.18. The van der Waals surface area contributed by atoms with Crippen LogP contribution in [0.5, 0.6) is 17.2 Å². The van der Waals surface area contributed by atoms with Crippen LogP contribution in [0.25, 0.3) is 0 Å². The number of nitrogens with zero attached hydrogens (tertiary/aromatic N) is 1. The van der Waals surface area contributed by atoms with E-state index in [1.165, 1.54) is 0 Å². The Kier molecular flexibility index (Phi) is 6.24. The average Bonchev–Trinajstić information content (AvgIpc) is 3.07. The summed E-state index contributed by atoms with van der Waals surface area (Å²) in [6.45, 7) is 3.99. The highest BCUT2D eigenvalue weighted by atomic mass is 16.6. The highest BCUT2D eigenvalue weighted by Crippen LogP contribution is 2.38. The highest BCUT2D eigenvalue weighted by molar-refractivity contribution is 5.80. The van der Waals surface area contributed by atoms with Crippen molar-refractivity contribution in [1.82, 2.24) is 4.90 Å². The van der Waals surface area contributed by atoms with Crippen molar-refractivity contribution in [3.05, 3.63) is 17.7 Å². The summed E-state index contributed by atoms with van der Waals surface area (Å²) >= 11 is 0. The van der Waals surface area contributed by atoms with Gasteiger partial charge in [-0.05, 0) is 50.6 Å². The standard InChI is InChI=1S/C17H25NO5/c1-12-9-14(21-3)16(15(10-12)22-4)23-17(19)13(11-20-2)18-7-5-6-8-18/h9-10,13H,5-8,11H2,1-4H3. The molecule has 128 valence electrons. The largest absolute Gasteiger partial charge is 0.493 e. The van der Waals surface area contributed by atoms with Gasteiger partial charge in [-0.1, -0.05) is 0 Å². The lowest BCUT2D eigenvalue weighted by atomic mass is 10.2. The van der Waals surface area contributed by atoms with Gasteiger partial charge in [0.2, 0.25) is 5.75 Å². The Balaban J connectivity index is 2.23. The van der Waals surface area contributed by atoms with E-state index in [1.807, 2.05) is 19.1 Å².